The zero-order valence-corrected chi connectivity index (χ0v) is 20.5. The van der Waals surface area contributed by atoms with Crippen molar-refractivity contribution in [3.05, 3.63) is 33.1 Å². The normalized spacial score (nSPS) is 38.4. The highest BCUT2D eigenvalue weighted by molar-refractivity contribution is 7.81. The van der Waals surface area contributed by atoms with E-state index in [9.17, 15) is 54.0 Å². The fourth-order valence-corrected chi connectivity index (χ4v) is 5.92. The number of phosphoric ester groups is 2. The van der Waals surface area contributed by atoms with Gasteiger partial charge in [0, 0.05) is 12.3 Å². The van der Waals surface area contributed by atoms with Crippen LogP contribution in [0.2, 0.25) is 0 Å². The number of rotatable bonds is 9. The molecule has 1 aromatic heterocycles. The van der Waals surface area contributed by atoms with Crippen molar-refractivity contribution in [1.29, 1.82) is 0 Å². The van der Waals surface area contributed by atoms with Gasteiger partial charge in [0.2, 0.25) is 0 Å². The van der Waals surface area contributed by atoms with Gasteiger partial charge in [-0.1, -0.05) is 0 Å². The summed E-state index contributed by atoms with van der Waals surface area (Å²) >= 11 is 3.88. The van der Waals surface area contributed by atoms with E-state index in [0.717, 1.165) is 16.8 Å². The minimum Gasteiger partial charge on any atom is -0.394 e. The summed E-state index contributed by atoms with van der Waals surface area (Å²) in [6.07, 6.45) is -12.2. The quantitative estimate of drug-likeness (QED) is 0.0995. The van der Waals surface area contributed by atoms with Gasteiger partial charge in [0.1, 0.15) is 30.5 Å². The molecule has 0 aromatic carbocycles. The zero-order chi connectivity index (χ0) is 27.0. The van der Waals surface area contributed by atoms with Crippen LogP contribution in [0.4, 0.5) is 0 Å². The number of ether oxygens (including phenoxy) is 2. The SMILES string of the molecule is O=c1ccn([C@@H]2O[C@H](COP(=O)(O)OP(=O)(O)O[C@H]3OC(CO)[C@@H](O)[C@H](O)C3S)[C@H](O)C2O)c(=O)[nH]1. The van der Waals surface area contributed by atoms with Gasteiger partial charge in [-0.15, -0.1) is 0 Å². The number of hydrogen-bond acceptors (Lipinski definition) is 15. The van der Waals surface area contributed by atoms with Crippen molar-refractivity contribution in [2.75, 3.05) is 13.2 Å². The number of nitrogens with zero attached hydrogens (tertiary/aromatic N) is 1. The van der Waals surface area contributed by atoms with Gasteiger partial charge in [-0.2, -0.15) is 16.9 Å². The first-order valence-electron chi connectivity index (χ1n) is 9.99. The van der Waals surface area contributed by atoms with Crippen molar-refractivity contribution in [2.45, 2.75) is 54.4 Å². The Morgan fingerprint density at radius 3 is 2.25 bits per heavy atom. The second-order valence-corrected chi connectivity index (χ2v) is 11.3. The number of thiol groups is 1. The van der Waals surface area contributed by atoms with Crippen LogP contribution < -0.4 is 11.2 Å². The molecule has 0 aliphatic carbocycles. The van der Waals surface area contributed by atoms with E-state index < -0.39 is 94.5 Å². The Balaban J connectivity index is 1.61. The molecular weight excluding hydrogens is 558 g/mol. The molecule has 3 heterocycles. The summed E-state index contributed by atoms with van der Waals surface area (Å²) in [6.45, 7) is -1.81. The standard InChI is InChI=1S/C15H24N2O16P2S/c18-3-5-8(20)10(22)12(36)14(31-5)32-35(27,28)33-34(25,26)29-4-6-9(21)11(23)13(30-6)17-2-1-7(19)16-15(17)24/h1-2,5-6,8-14,18,20-23,36H,3-4H2,(H,25,26)(H,27,28)(H,16,19,24)/t5?,6-,8-,9+,10+,11?,12?,13-,14-/m1/s1. The predicted molar refractivity (Wildman–Crippen MR) is 116 cm³/mol. The Hall–Kier alpha value is -0.990. The van der Waals surface area contributed by atoms with Crippen LogP contribution in [-0.2, 0) is 32.0 Å². The van der Waals surface area contributed by atoms with Gasteiger partial charge in [0.15, 0.2) is 12.5 Å². The van der Waals surface area contributed by atoms with Crippen molar-refractivity contribution >= 4 is 28.3 Å². The predicted octanol–water partition coefficient (Wildman–Crippen LogP) is -3.86. The Morgan fingerprint density at radius 1 is 1.00 bits per heavy atom. The summed E-state index contributed by atoms with van der Waals surface area (Å²) in [6, 6.07) is 0.941. The molecule has 3 rings (SSSR count). The summed E-state index contributed by atoms with van der Waals surface area (Å²) in [5, 5.41) is 47.7. The highest BCUT2D eigenvalue weighted by atomic mass is 32.1. The largest absolute Gasteiger partial charge is 0.483 e. The molecule has 206 valence electrons. The molecule has 2 aliphatic heterocycles. The third-order valence-corrected chi connectivity index (χ3v) is 8.31. The first-order valence-corrected chi connectivity index (χ1v) is 13.5. The summed E-state index contributed by atoms with van der Waals surface area (Å²) in [4.78, 5) is 44.7. The number of nitrogens with one attached hydrogen (secondary N) is 1. The molecule has 0 radical (unpaired) electrons. The highest BCUT2D eigenvalue weighted by Crippen LogP contribution is 2.61. The molecule has 0 saturated carbocycles. The van der Waals surface area contributed by atoms with Crippen molar-refractivity contribution in [3.63, 3.8) is 0 Å². The van der Waals surface area contributed by atoms with Crippen LogP contribution in [0.1, 0.15) is 6.23 Å². The molecule has 8 N–H and O–H groups in total. The van der Waals surface area contributed by atoms with Crippen molar-refractivity contribution in [3.8, 4) is 0 Å². The van der Waals surface area contributed by atoms with E-state index in [0.29, 0.717) is 0 Å². The number of aromatic nitrogens is 2. The number of aliphatic hydroxyl groups excluding tert-OH is 5. The zero-order valence-electron chi connectivity index (χ0n) is 17.9. The Kier molecular flexibility index (Phi) is 9.36. The van der Waals surface area contributed by atoms with Crippen LogP contribution >= 0.6 is 28.3 Å². The summed E-state index contributed by atoms with van der Waals surface area (Å²) < 4.78 is 48.7. The second-order valence-electron chi connectivity index (χ2n) is 7.68. The molecule has 36 heavy (non-hydrogen) atoms. The molecule has 0 amide bonds. The molecule has 2 aliphatic rings. The Bertz CT molecular complexity index is 1130. The van der Waals surface area contributed by atoms with Crippen LogP contribution in [0.5, 0.6) is 0 Å². The van der Waals surface area contributed by atoms with E-state index in [-0.39, 0.29) is 0 Å². The van der Waals surface area contributed by atoms with Gasteiger partial charge in [-0.25, -0.2) is 13.9 Å². The van der Waals surface area contributed by atoms with E-state index >= 15 is 0 Å². The number of aromatic amines is 1. The van der Waals surface area contributed by atoms with Crippen LogP contribution in [0.15, 0.2) is 21.9 Å². The first kappa shape index (κ1) is 29.6. The second kappa shape index (κ2) is 11.4. The summed E-state index contributed by atoms with van der Waals surface area (Å²) in [5.74, 6) is 0. The molecule has 0 bridgehead atoms. The van der Waals surface area contributed by atoms with E-state index in [1.807, 2.05) is 4.98 Å². The third-order valence-electron chi connectivity index (χ3n) is 5.16. The summed E-state index contributed by atoms with van der Waals surface area (Å²) in [5.41, 5.74) is -1.72. The van der Waals surface area contributed by atoms with Crippen LogP contribution in [0.3, 0.4) is 0 Å². The lowest BCUT2D eigenvalue weighted by Crippen LogP contribution is -2.57. The summed E-state index contributed by atoms with van der Waals surface area (Å²) in [7, 11) is -10.9. The number of H-pyrrole nitrogens is 1. The van der Waals surface area contributed by atoms with Gasteiger partial charge in [-0.3, -0.25) is 23.4 Å². The van der Waals surface area contributed by atoms with Gasteiger partial charge in [0.05, 0.1) is 24.6 Å². The fourth-order valence-electron chi connectivity index (χ4n) is 3.35. The lowest BCUT2D eigenvalue weighted by molar-refractivity contribution is -0.228. The monoisotopic (exact) mass is 582 g/mol. The maximum atomic E-state index is 12.2. The van der Waals surface area contributed by atoms with Crippen molar-refractivity contribution in [1.82, 2.24) is 9.55 Å². The average molecular weight is 582 g/mol. The number of aliphatic hydroxyl groups is 5. The molecular formula is C15H24N2O16P2S. The smallest absolute Gasteiger partial charge is 0.394 e. The maximum absolute atomic E-state index is 12.2. The van der Waals surface area contributed by atoms with E-state index in [2.05, 4.69) is 26.0 Å². The van der Waals surface area contributed by atoms with Gasteiger partial charge >= 0.3 is 21.3 Å². The highest BCUT2D eigenvalue weighted by Gasteiger charge is 2.49. The molecule has 18 nitrogen and oxygen atoms in total. The molecule has 0 spiro atoms. The number of phosphoric acid groups is 2. The minimum absolute atomic E-state index is 0.737. The Labute approximate surface area is 206 Å². The molecule has 21 heteroatoms. The lowest BCUT2D eigenvalue weighted by Gasteiger charge is -2.40. The van der Waals surface area contributed by atoms with Gasteiger partial charge in [0.25, 0.3) is 5.56 Å². The fraction of sp³-hybridized carbons (Fsp3) is 0.733. The first-order chi connectivity index (χ1) is 16.7. The van der Waals surface area contributed by atoms with Crippen LogP contribution in [0, 0.1) is 0 Å². The van der Waals surface area contributed by atoms with Crippen molar-refractivity contribution in [2.24, 2.45) is 0 Å². The minimum atomic E-state index is -5.48. The molecule has 5 unspecified atom stereocenters. The lowest BCUT2D eigenvalue weighted by atomic mass is 10.0. The van der Waals surface area contributed by atoms with Crippen LogP contribution in [0.25, 0.3) is 0 Å². The molecule has 2 fully saturated rings. The van der Waals surface area contributed by atoms with Crippen molar-refractivity contribution < 1.29 is 67.3 Å². The average Bonchev–Trinajstić information content (AvgIpc) is 3.06. The van der Waals surface area contributed by atoms with E-state index in [4.69, 9.17) is 9.47 Å². The van der Waals surface area contributed by atoms with Gasteiger partial charge in [-0.05, 0) is 0 Å². The van der Waals surface area contributed by atoms with Crippen LogP contribution in [-0.4, -0.2) is 106 Å². The van der Waals surface area contributed by atoms with E-state index in [1.54, 1.807) is 0 Å². The topological polar surface area (TPSA) is 277 Å². The van der Waals surface area contributed by atoms with E-state index in [1.165, 1.54) is 0 Å². The molecule has 1 aromatic rings. The third kappa shape index (κ3) is 6.71. The number of hydrogen-bond donors (Lipinski definition) is 9. The van der Waals surface area contributed by atoms with Gasteiger partial charge < -0.3 is 44.8 Å². The Morgan fingerprint density at radius 2 is 1.64 bits per heavy atom. The molecule has 11 atom stereocenters. The molecule has 2 saturated heterocycles. The maximum Gasteiger partial charge on any atom is 0.483 e.